The Hall–Kier alpha value is -1.88. The number of anilines is 1. The summed E-state index contributed by atoms with van der Waals surface area (Å²) in [4.78, 5) is 19.2. The Morgan fingerprint density at radius 2 is 2.28 bits per heavy atom. The van der Waals surface area contributed by atoms with Crippen molar-refractivity contribution in [1.29, 1.82) is 0 Å². The molecule has 1 atom stereocenters. The Morgan fingerprint density at radius 1 is 1.50 bits per heavy atom. The van der Waals surface area contributed by atoms with Crippen molar-refractivity contribution in [3.8, 4) is 0 Å². The summed E-state index contributed by atoms with van der Waals surface area (Å²) in [5.41, 5.74) is 8.17. The number of carbonyl (C=O) groups excluding carboxylic acids is 1. The minimum atomic E-state index is -0.164. The van der Waals surface area contributed by atoms with Crippen LogP contribution in [0.25, 0.3) is 11.0 Å². The van der Waals surface area contributed by atoms with Crippen molar-refractivity contribution in [1.82, 2.24) is 9.97 Å². The molecule has 0 fully saturated rings. The van der Waals surface area contributed by atoms with Gasteiger partial charge in [-0.15, -0.1) is 0 Å². The number of benzene rings is 1. The van der Waals surface area contributed by atoms with Gasteiger partial charge in [-0.1, -0.05) is 13.8 Å². The molecule has 0 radical (unpaired) electrons. The number of amides is 1. The second kappa shape index (κ2) is 5.18. The molecule has 0 spiro atoms. The Bertz CT molecular complexity index is 547. The summed E-state index contributed by atoms with van der Waals surface area (Å²) < 4.78 is 0. The van der Waals surface area contributed by atoms with E-state index in [-0.39, 0.29) is 17.7 Å². The maximum atomic E-state index is 12.0. The number of nitrogens with zero attached hydrogens (tertiary/aromatic N) is 1. The average Bonchev–Trinajstić information content (AvgIpc) is 2.76. The number of rotatable bonds is 4. The van der Waals surface area contributed by atoms with Crippen molar-refractivity contribution in [2.75, 3.05) is 11.9 Å². The first kappa shape index (κ1) is 12.6. The van der Waals surface area contributed by atoms with Gasteiger partial charge < -0.3 is 16.0 Å². The summed E-state index contributed by atoms with van der Waals surface area (Å²) in [5, 5.41) is 2.89. The Kier molecular flexibility index (Phi) is 3.62. The van der Waals surface area contributed by atoms with Crippen LogP contribution in [0, 0.1) is 11.8 Å². The highest BCUT2D eigenvalue weighted by Crippen LogP contribution is 2.18. The molecule has 0 saturated carbocycles. The predicted molar refractivity (Wildman–Crippen MR) is 72.1 cm³/mol. The van der Waals surface area contributed by atoms with Crippen LogP contribution < -0.4 is 11.1 Å². The first-order chi connectivity index (χ1) is 8.61. The van der Waals surface area contributed by atoms with Gasteiger partial charge in [-0.2, -0.15) is 0 Å². The first-order valence-electron chi connectivity index (χ1n) is 6.06. The SMILES string of the molecule is CC(C)C(CN)C(=O)Nc1ccc2nc[nH]c2c1. The molecular formula is C13H18N4O. The lowest BCUT2D eigenvalue weighted by molar-refractivity contribution is -0.120. The second-order valence-electron chi connectivity index (χ2n) is 4.71. The van der Waals surface area contributed by atoms with Crippen LogP contribution in [-0.4, -0.2) is 22.4 Å². The quantitative estimate of drug-likeness (QED) is 0.768. The van der Waals surface area contributed by atoms with E-state index in [0.29, 0.717) is 6.54 Å². The highest BCUT2D eigenvalue weighted by atomic mass is 16.1. The zero-order chi connectivity index (χ0) is 13.1. The number of nitrogens with two attached hydrogens (primary N) is 1. The molecular weight excluding hydrogens is 228 g/mol. The van der Waals surface area contributed by atoms with E-state index in [1.54, 1.807) is 6.33 Å². The van der Waals surface area contributed by atoms with Gasteiger partial charge in [0.15, 0.2) is 0 Å². The van der Waals surface area contributed by atoms with Crippen LogP contribution in [0.1, 0.15) is 13.8 Å². The molecule has 96 valence electrons. The van der Waals surface area contributed by atoms with Crippen LogP contribution in [-0.2, 0) is 4.79 Å². The summed E-state index contributed by atoms with van der Waals surface area (Å²) >= 11 is 0. The van der Waals surface area contributed by atoms with Crippen molar-refractivity contribution in [2.45, 2.75) is 13.8 Å². The molecule has 0 aliphatic rings. The van der Waals surface area contributed by atoms with Crippen LogP contribution >= 0.6 is 0 Å². The number of fused-ring (bicyclic) bond motifs is 1. The fraction of sp³-hybridized carbons (Fsp3) is 0.385. The molecule has 4 N–H and O–H groups in total. The van der Waals surface area contributed by atoms with E-state index in [2.05, 4.69) is 15.3 Å². The predicted octanol–water partition coefficient (Wildman–Crippen LogP) is 1.73. The van der Waals surface area contributed by atoms with E-state index < -0.39 is 0 Å². The second-order valence-corrected chi connectivity index (χ2v) is 4.71. The maximum absolute atomic E-state index is 12.0. The molecule has 0 aliphatic carbocycles. The Morgan fingerprint density at radius 3 is 2.94 bits per heavy atom. The van der Waals surface area contributed by atoms with Gasteiger partial charge in [0.25, 0.3) is 0 Å². The number of hydrogen-bond acceptors (Lipinski definition) is 3. The van der Waals surface area contributed by atoms with Gasteiger partial charge in [-0.05, 0) is 24.1 Å². The number of aromatic nitrogens is 2. The zero-order valence-electron chi connectivity index (χ0n) is 10.6. The van der Waals surface area contributed by atoms with E-state index in [1.165, 1.54) is 0 Å². The highest BCUT2D eigenvalue weighted by Gasteiger charge is 2.20. The van der Waals surface area contributed by atoms with Gasteiger partial charge in [0.05, 0.1) is 23.3 Å². The van der Waals surface area contributed by atoms with Crippen LogP contribution in [0.4, 0.5) is 5.69 Å². The molecule has 0 saturated heterocycles. The fourth-order valence-corrected chi connectivity index (χ4v) is 1.93. The van der Waals surface area contributed by atoms with Crippen LogP contribution in [0.15, 0.2) is 24.5 Å². The van der Waals surface area contributed by atoms with Crippen LogP contribution in [0.5, 0.6) is 0 Å². The summed E-state index contributed by atoms with van der Waals surface area (Å²) in [6.07, 6.45) is 1.63. The molecule has 2 rings (SSSR count). The van der Waals surface area contributed by atoms with Crippen LogP contribution in [0.3, 0.4) is 0 Å². The molecule has 18 heavy (non-hydrogen) atoms. The minimum Gasteiger partial charge on any atom is -0.345 e. The van der Waals surface area contributed by atoms with Crippen molar-refractivity contribution in [2.24, 2.45) is 17.6 Å². The van der Waals surface area contributed by atoms with Gasteiger partial charge in [-0.3, -0.25) is 4.79 Å². The molecule has 1 amide bonds. The van der Waals surface area contributed by atoms with E-state index in [0.717, 1.165) is 16.7 Å². The van der Waals surface area contributed by atoms with Crippen molar-refractivity contribution >= 4 is 22.6 Å². The topological polar surface area (TPSA) is 83.8 Å². The lowest BCUT2D eigenvalue weighted by Gasteiger charge is -2.18. The molecule has 5 nitrogen and oxygen atoms in total. The minimum absolute atomic E-state index is 0.0358. The van der Waals surface area contributed by atoms with Gasteiger partial charge >= 0.3 is 0 Å². The third-order valence-corrected chi connectivity index (χ3v) is 3.08. The van der Waals surface area contributed by atoms with Crippen molar-refractivity contribution in [3.05, 3.63) is 24.5 Å². The van der Waals surface area contributed by atoms with Gasteiger partial charge in [-0.25, -0.2) is 4.98 Å². The third kappa shape index (κ3) is 2.51. The smallest absolute Gasteiger partial charge is 0.229 e. The number of H-pyrrole nitrogens is 1. The number of imidazole rings is 1. The van der Waals surface area contributed by atoms with E-state index >= 15 is 0 Å². The molecule has 0 aliphatic heterocycles. The zero-order valence-corrected chi connectivity index (χ0v) is 10.6. The van der Waals surface area contributed by atoms with E-state index in [4.69, 9.17) is 5.73 Å². The highest BCUT2D eigenvalue weighted by molar-refractivity contribution is 5.94. The van der Waals surface area contributed by atoms with Gasteiger partial charge in [0.2, 0.25) is 5.91 Å². The van der Waals surface area contributed by atoms with Gasteiger partial charge in [0.1, 0.15) is 0 Å². The lowest BCUT2D eigenvalue weighted by atomic mass is 9.95. The number of nitrogens with one attached hydrogen (secondary N) is 2. The standard InChI is InChI=1S/C13H18N4O/c1-8(2)10(6-14)13(18)17-9-3-4-11-12(5-9)16-7-15-11/h3-5,7-8,10H,6,14H2,1-2H3,(H,15,16)(H,17,18). The monoisotopic (exact) mass is 246 g/mol. The normalized spacial score (nSPS) is 12.9. The average molecular weight is 246 g/mol. The molecule has 1 aromatic heterocycles. The van der Waals surface area contributed by atoms with E-state index in [1.807, 2.05) is 32.0 Å². The van der Waals surface area contributed by atoms with Crippen LogP contribution in [0.2, 0.25) is 0 Å². The lowest BCUT2D eigenvalue weighted by Crippen LogP contribution is -2.33. The number of hydrogen-bond donors (Lipinski definition) is 3. The third-order valence-electron chi connectivity index (χ3n) is 3.08. The maximum Gasteiger partial charge on any atom is 0.229 e. The molecule has 1 heterocycles. The molecule has 5 heteroatoms. The van der Waals surface area contributed by atoms with Gasteiger partial charge in [0, 0.05) is 12.2 Å². The summed E-state index contributed by atoms with van der Waals surface area (Å²) in [5.74, 6) is 0.0275. The molecule has 1 unspecified atom stereocenters. The summed E-state index contributed by atoms with van der Waals surface area (Å²) in [7, 11) is 0. The summed E-state index contributed by atoms with van der Waals surface area (Å²) in [6, 6.07) is 5.58. The number of carbonyl (C=O) groups is 1. The Balaban J connectivity index is 2.15. The number of aromatic amines is 1. The van der Waals surface area contributed by atoms with Crippen molar-refractivity contribution in [3.63, 3.8) is 0 Å². The summed E-state index contributed by atoms with van der Waals surface area (Å²) in [6.45, 7) is 4.35. The molecule has 1 aromatic carbocycles. The van der Waals surface area contributed by atoms with E-state index in [9.17, 15) is 4.79 Å². The molecule has 0 bridgehead atoms. The molecule has 2 aromatic rings. The largest absolute Gasteiger partial charge is 0.345 e. The first-order valence-corrected chi connectivity index (χ1v) is 6.06. The Labute approximate surface area is 106 Å². The van der Waals surface area contributed by atoms with Crippen molar-refractivity contribution < 1.29 is 4.79 Å². The fourth-order valence-electron chi connectivity index (χ4n) is 1.93.